The number of halogens is 1. The van der Waals surface area contributed by atoms with E-state index in [-0.39, 0.29) is 5.82 Å². The van der Waals surface area contributed by atoms with Crippen molar-refractivity contribution in [3.8, 4) is 0 Å². The topological polar surface area (TPSA) is 48.8 Å². The Labute approximate surface area is 85.9 Å². The van der Waals surface area contributed by atoms with Crippen molar-refractivity contribution in [2.45, 2.75) is 11.3 Å². The van der Waals surface area contributed by atoms with E-state index in [1.807, 2.05) is 0 Å². The average molecular weight is 211 g/mol. The van der Waals surface area contributed by atoms with Gasteiger partial charge in [0, 0.05) is 16.4 Å². The Morgan fingerprint density at radius 1 is 1.43 bits per heavy atom. The molecule has 1 rings (SSSR count). The van der Waals surface area contributed by atoms with E-state index in [1.54, 1.807) is 18.2 Å². The van der Waals surface area contributed by atoms with Crippen LogP contribution < -0.4 is 0 Å². The summed E-state index contributed by atoms with van der Waals surface area (Å²) in [5.74, 6) is 0.571. The molecule has 1 aromatic carbocycles. The fourth-order valence-corrected chi connectivity index (χ4v) is 1.80. The first-order valence-electron chi connectivity index (χ1n) is 4.23. The van der Waals surface area contributed by atoms with E-state index in [0.717, 1.165) is 12.2 Å². The van der Waals surface area contributed by atoms with Crippen LogP contribution in [0, 0.1) is 5.82 Å². The Balaban J connectivity index is 2.31. The van der Waals surface area contributed by atoms with Crippen LogP contribution >= 0.6 is 11.8 Å². The van der Waals surface area contributed by atoms with Gasteiger partial charge in [-0.25, -0.2) is 4.39 Å². The van der Waals surface area contributed by atoms with Gasteiger partial charge in [-0.05, 0) is 29.8 Å². The van der Waals surface area contributed by atoms with E-state index in [4.69, 9.17) is 5.53 Å². The smallest absolute Gasteiger partial charge is 0.136 e. The first-order valence-corrected chi connectivity index (χ1v) is 5.21. The summed E-state index contributed by atoms with van der Waals surface area (Å²) in [6, 6.07) is 6.65. The zero-order chi connectivity index (χ0) is 10.2. The molecule has 0 saturated heterocycles. The third kappa shape index (κ3) is 3.68. The van der Waals surface area contributed by atoms with E-state index >= 15 is 0 Å². The summed E-state index contributed by atoms with van der Waals surface area (Å²) in [5, 5.41) is 3.40. The maximum Gasteiger partial charge on any atom is 0.136 e. The highest BCUT2D eigenvalue weighted by atomic mass is 32.2. The molecule has 0 bridgehead atoms. The maximum atomic E-state index is 13.1. The summed E-state index contributed by atoms with van der Waals surface area (Å²) in [5.41, 5.74) is 8.02. The van der Waals surface area contributed by atoms with Crippen LogP contribution in [0.2, 0.25) is 0 Å². The Morgan fingerprint density at radius 3 is 2.93 bits per heavy atom. The molecule has 14 heavy (non-hydrogen) atoms. The van der Waals surface area contributed by atoms with E-state index in [9.17, 15) is 4.39 Å². The molecule has 0 N–H and O–H groups in total. The fourth-order valence-electron chi connectivity index (χ4n) is 0.924. The van der Waals surface area contributed by atoms with E-state index in [0.29, 0.717) is 11.4 Å². The predicted molar refractivity (Wildman–Crippen MR) is 55.8 cm³/mol. The SMILES string of the molecule is [N-]=[N+]=NCCCSc1ccccc1F. The Kier molecular flexibility index (Phi) is 4.89. The molecule has 0 radical (unpaired) electrons. The Hall–Kier alpha value is -1.19. The highest BCUT2D eigenvalue weighted by Crippen LogP contribution is 2.21. The van der Waals surface area contributed by atoms with E-state index < -0.39 is 0 Å². The van der Waals surface area contributed by atoms with Crippen LogP contribution in [0.1, 0.15) is 6.42 Å². The van der Waals surface area contributed by atoms with Gasteiger partial charge in [0.1, 0.15) is 5.82 Å². The monoisotopic (exact) mass is 211 g/mol. The van der Waals surface area contributed by atoms with Crippen molar-refractivity contribution in [3.05, 3.63) is 40.5 Å². The van der Waals surface area contributed by atoms with Gasteiger partial charge in [0.25, 0.3) is 0 Å². The van der Waals surface area contributed by atoms with Gasteiger partial charge in [-0.3, -0.25) is 0 Å². The van der Waals surface area contributed by atoms with Gasteiger partial charge in [-0.2, -0.15) is 0 Å². The van der Waals surface area contributed by atoms with Crippen LogP contribution in [-0.2, 0) is 0 Å². The average Bonchev–Trinajstić information content (AvgIpc) is 2.20. The first kappa shape index (κ1) is 10.9. The highest BCUT2D eigenvalue weighted by Gasteiger charge is 1.99. The van der Waals surface area contributed by atoms with Crippen molar-refractivity contribution in [1.82, 2.24) is 0 Å². The second kappa shape index (κ2) is 6.29. The lowest BCUT2D eigenvalue weighted by Gasteiger charge is -2.00. The van der Waals surface area contributed by atoms with Crippen molar-refractivity contribution in [3.63, 3.8) is 0 Å². The van der Waals surface area contributed by atoms with Crippen LogP contribution in [0.25, 0.3) is 10.4 Å². The number of thioether (sulfide) groups is 1. The summed E-state index contributed by atoms with van der Waals surface area (Å²) in [6.45, 7) is 0.470. The van der Waals surface area contributed by atoms with Crippen LogP contribution in [0.5, 0.6) is 0 Å². The summed E-state index contributed by atoms with van der Waals surface area (Å²) >= 11 is 1.44. The highest BCUT2D eigenvalue weighted by molar-refractivity contribution is 7.99. The molecule has 5 heteroatoms. The number of benzene rings is 1. The molecular weight excluding hydrogens is 201 g/mol. The summed E-state index contributed by atoms with van der Waals surface area (Å²) in [7, 11) is 0. The van der Waals surface area contributed by atoms with Gasteiger partial charge in [0.2, 0.25) is 0 Å². The number of hydrogen-bond donors (Lipinski definition) is 0. The molecule has 0 atom stereocenters. The van der Waals surface area contributed by atoms with E-state index in [1.165, 1.54) is 17.8 Å². The summed E-state index contributed by atoms with van der Waals surface area (Å²) < 4.78 is 13.1. The zero-order valence-corrected chi connectivity index (χ0v) is 8.38. The molecule has 0 unspecified atom stereocenters. The van der Waals surface area contributed by atoms with Gasteiger partial charge in [0.05, 0.1) is 0 Å². The predicted octanol–water partition coefficient (Wildman–Crippen LogP) is 3.62. The van der Waals surface area contributed by atoms with Crippen molar-refractivity contribution >= 4 is 11.8 Å². The molecule has 1 aromatic rings. The second-order valence-corrected chi connectivity index (χ2v) is 3.72. The molecule has 74 valence electrons. The summed E-state index contributed by atoms with van der Waals surface area (Å²) in [4.78, 5) is 3.29. The summed E-state index contributed by atoms with van der Waals surface area (Å²) in [6.07, 6.45) is 0.767. The fraction of sp³-hybridized carbons (Fsp3) is 0.333. The molecule has 0 fully saturated rings. The molecule has 0 aliphatic rings. The van der Waals surface area contributed by atoms with Gasteiger partial charge in [-0.15, -0.1) is 11.8 Å². The molecule has 0 aromatic heterocycles. The minimum absolute atomic E-state index is 0.193. The number of azide groups is 1. The lowest BCUT2D eigenvalue weighted by atomic mass is 10.3. The lowest BCUT2D eigenvalue weighted by molar-refractivity contribution is 0.602. The van der Waals surface area contributed by atoms with Crippen LogP contribution in [0.15, 0.2) is 34.3 Å². The second-order valence-electron chi connectivity index (χ2n) is 2.59. The van der Waals surface area contributed by atoms with Gasteiger partial charge in [-0.1, -0.05) is 17.2 Å². The minimum atomic E-state index is -0.193. The maximum absolute atomic E-state index is 13.1. The van der Waals surface area contributed by atoms with Gasteiger partial charge < -0.3 is 0 Å². The van der Waals surface area contributed by atoms with Crippen molar-refractivity contribution in [2.75, 3.05) is 12.3 Å². The van der Waals surface area contributed by atoms with Crippen LogP contribution in [0.3, 0.4) is 0 Å². The molecule has 0 heterocycles. The molecule has 0 amide bonds. The Bertz CT molecular complexity index is 337. The van der Waals surface area contributed by atoms with E-state index in [2.05, 4.69) is 10.0 Å². The zero-order valence-electron chi connectivity index (χ0n) is 7.56. The lowest BCUT2D eigenvalue weighted by Crippen LogP contribution is -1.85. The largest absolute Gasteiger partial charge is 0.206 e. The molecular formula is C9H10FN3S. The normalized spacial score (nSPS) is 9.50. The number of hydrogen-bond acceptors (Lipinski definition) is 2. The van der Waals surface area contributed by atoms with Gasteiger partial charge in [0.15, 0.2) is 0 Å². The third-order valence-corrected chi connectivity index (χ3v) is 2.69. The molecule has 3 nitrogen and oxygen atoms in total. The minimum Gasteiger partial charge on any atom is -0.206 e. The van der Waals surface area contributed by atoms with Crippen LogP contribution in [0.4, 0.5) is 4.39 Å². The molecule has 0 aliphatic carbocycles. The Morgan fingerprint density at radius 2 is 2.21 bits per heavy atom. The standard InChI is InChI=1S/C9H10FN3S/c10-8-4-1-2-5-9(8)14-7-3-6-12-13-11/h1-2,4-5H,3,6-7H2. The van der Waals surface area contributed by atoms with Crippen molar-refractivity contribution in [2.24, 2.45) is 5.11 Å². The van der Waals surface area contributed by atoms with Gasteiger partial charge >= 0.3 is 0 Å². The van der Waals surface area contributed by atoms with Crippen molar-refractivity contribution < 1.29 is 4.39 Å². The third-order valence-electron chi connectivity index (χ3n) is 1.56. The molecule has 0 aliphatic heterocycles. The number of rotatable bonds is 5. The first-order chi connectivity index (χ1) is 6.84. The van der Waals surface area contributed by atoms with Crippen molar-refractivity contribution in [1.29, 1.82) is 0 Å². The molecule has 0 spiro atoms. The molecule has 0 saturated carbocycles. The van der Waals surface area contributed by atoms with Crippen LogP contribution in [-0.4, -0.2) is 12.3 Å². The number of nitrogens with zero attached hydrogens (tertiary/aromatic N) is 3. The quantitative estimate of drug-likeness (QED) is 0.241.